The molecule has 2 aliphatic heterocycles. The number of nitrogens with one attached hydrogen (secondary N) is 2. The Hall–Kier alpha value is -7.73. The number of amides is 1. The van der Waals surface area contributed by atoms with Crippen LogP contribution < -0.4 is 16.4 Å². The Bertz CT molecular complexity index is 2710. The van der Waals surface area contributed by atoms with Crippen LogP contribution in [0.15, 0.2) is 96.2 Å². The minimum Gasteiger partial charge on any atom is -0.478 e. The van der Waals surface area contributed by atoms with E-state index in [0.717, 1.165) is 33.6 Å². The molecule has 5 heterocycles. The number of fused-ring (bicyclic) bond motifs is 3. The summed E-state index contributed by atoms with van der Waals surface area (Å²) in [6, 6.07) is 21.5. The highest BCUT2D eigenvalue weighted by atomic mass is 35.5. The predicted octanol–water partition coefficient (Wildman–Crippen LogP) is 9.74. The van der Waals surface area contributed by atoms with Crippen molar-refractivity contribution in [2.75, 3.05) is 11.1 Å². The zero-order valence-electron chi connectivity index (χ0n) is 33.5. The van der Waals surface area contributed by atoms with Crippen LogP contribution in [0.25, 0.3) is 10.9 Å². The van der Waals surface area contributed by atoms with Gasteiger partial charge in [0.05, 0.1) is 28.2 Å². The molecule has 3 aromatic carbocycles. The van der Waals surface area contributed by atoms with E-state index >= 15 is 0 Å². The number of benzene rings is 3. The smallest absolute Gasteiger partial charge is 0.435 e. The van der Waals surface area contributed by atoms with Crippen molar-refractivity contribution in [3.63, 3.8) is 0 Å². The fraction of sp³-hybridized carbons (Fsp3) is 0.244. The van der Waals surface area contributed by atoms with Crippen molar-refractivity contribution in [3.8, 4) is 0 Å². The molecule has 0 fully saturated rings. The van der Waals surface area contributed by atoms with Gasteiger partial charge in [0.2, 0.25) is 0 Å². The van der Waals surface area contributed by atoms with Gasteiger partial charge in [-0.2, -0.15) is 9.78 Å². The van der Waals surface area contributed by atoms with Gasteiger partial charge in [-0.05, 0) is 106 Å². The highest BCUT2D eigenvalue weighted by Gasteiger charge is 2.22. The molecule has 0 saturated carbocycles. The molecule has 338 valence electrons. The van der Waals surface area contributed by atoms with Crippen molar-refractivity contribution < 1.29 is 39.1 Å². The van der Waals surface area contributed by atoms with Gasteiger partial charge in [-0.15, -0.1) is 0 Å². The summed E-state index contributed by atoms with van der Waals surface area (Å²) < 4.78 is 6.56. The Balaban J connectivity index is 0.000000297. The molecule has 0 unspecified atom stereocenters. The van der Waals surface area contributed by atoms with E-state index in [1.165, 1.54) is 47.3 Å². The van der Waals surface area contributed by atoms with Crippen LogP contribution in [-0.2, 0) is 17.8 Å². The molecule has 0 spiro atoms. The molecule has 1 amide bonds. The van der Waals surface area contributed by atoms with Gasteiger partial charge >= 0.3 is 18.0 Å². The molecular formula is C45H52ClN9O9. The van der Waals surface area contributed by atoms with E-state index in [-0.39, 0.29) is 50.2 Å². The van der Waals surface area contributed by atoms with Gasteiger partial charge in [-0.1, -0.05) is 39.9 Å². The number of ether oxygens (including phenoxy) is 1. The highest BCUT2D eigenvalue weighted by molar-refractivity contribution is 6.32. The number of non-ortho nitro benzene ring substituents is 1. The standard InChI is InChI=1S/C15H13N3O2.C13H17N3O2.C8H6N2O3.C6H4ClNO2.3CH4/c1-9-12-5-4-11(7-10(12)8-17-9)18-14-13(15(19)20)3-2-6-16-14;1-8-10-6-5-9(14)7-11(10)16(15-8)12(17)18-13(2,3)4;11-8-7-2-1-6(10(12)13)3-5(7)4-9-8;7-5-4(6(9)10)2-1-3-8-5;;;/h2-7H,8H2,1H3,(H,16,18)(H,19,20);5-7H,14H2,1-4H3;1-3H,4H2,(H,9,11);1-3H,(H,9,10);3*1H4. The van der Waals surface area contributed by atoms with Gasteiger partial charge in [-0.3, -0.25) is 19.9 Å². The number of aliphatic imine (C=N–C) groups is 1. The number of aromatic carboxylic acids is 2. The van der Waals surface area contributed by atoms with Crippen LogP contribution in [0.2, 0.25) is 5.15 Å². The van der Waals surface area contributed by atoms with Crippen molar-refractivity contribution in [1.82, 2.24) is 25.1 Å². The number of carboxylic acid groups (broad SMARTS) is 2. The summed E-state index contributed by atoms with van der Waals surface area (Å²) in [7, 11) is 0. The van der Waals surface area contributed by atoms with Crippen LogP contribution in [0.5, 0.6) is 0 Å². The normalized spacial score (nSPS) is 11.5. The molecule has 0 radical (unpaired) electrons. The average molecular weight is 898 g/mol. The van der Waals surface area contributed by atoms with Gasteiger partial charge < -0.3 is 31.3 Å². The van der Waals surface area contributed by atoms with E-state index in [4.69, 9.17) is 32.3 Å². The Labute approximate surface area is 375 Å². The summed E-state index contributed by atoms with van der Waals surface area (Å²) in [5.41, 5.74) is 12.8. The number of nitrogens with zero attached hydrogens (tertiary/aromatic N) is 6. The molecule has 6 N–H and O–H groups in total. The lowest BCUT2D eigenvalue weighted by Gasteiger charge is -2.19. The third-order valence-electron chi connectivity index (χ3n) is 8.71. The monoisotopic (exact) mass is 897 g/mol. The number of anilines is 3. The number of aryl methyl sites for hydroxylation is 1. The van der Waals surface area contributed by atoms with Gasteiger partial charge in [0, 0.05) is 64.7 Å². The summed E-state index contributed by atoms with van der Waals surface area (Å²) in [4.78, 5) is 66.5. The minimum absolute atomic E-state index is 0. The molecule has 64 heavy (non-hydrogen) atoms. The van der Waals surface area contributed by atoms with Crippen molar-refractivity contribution >= 4 is 75.0 Å². The largest absolute Gasteiger partial charge is 0.478 e. The predicted molar refractivity (Wildman–Crippen MR) is 248 cm³/mol. The summed E-state index contributed by atoms with van der Waals surface area (Å²) in [6.07, 6.45) is 2.51. The topological polar surface area (TPSA) is 267 Å². The molecule has 0 atom stereocenters. The van der Waals surface area contributed by atoms with E-state index in [1.54, 1.807) is 24.4 Å². The number of aromatic nitrogens is 4. The van der Waals surface area contributed by atoms with Crippen LogP contribution >= 0.6 is 11.6 Å². The Morgan fingerprint density at radius 3 is 2.14 bits per heavy atom. The fourth-order valence-electron chi connectivity index (χ4n) is 5.87. The molecule has 2 aliphatic rings. The second kappa shape index (κ2) is 22.4. The Morgan fingerprint density at radius 2 is 1.53 bits per heavy atom. The molecule has 0 bridgehead atoms. The Morgan fingerprint density at radius 1 is 0.891 bits per heavy atom. The summed E-state index contributed by atoms with van der Waals surface area (Å²) >= 11 is 5.43. The van der Waals surface area contributed by atoms with Crippen molar-refractivity contribution in [2.45, 2.75) is 75.6 Å². The zero-order valence-corrected chi connectivity index (χ0v) is 34.2. The number of hydrogen-bond acceptors (Lipinski definition) is 13. The first-order valence-electron chi connectivity index (χ1n) is 18.3. The van der Waals surface area contributed by atoms with Crippen molar-refractivity contribution in [1.29, 1.82) is 0 Å². The third kappa shape index (κ3) is 13.1. The minimum atomic E-state index is -1.06. The Kier molecular flexibility index (Phi) is 18.3. The second-order valence-corrected chi connectivity index (χ2v) is 14.6. The molecule has 0 saturated heterocycles. The molecule has 3 aromatic heterocycles. The highest BCUT2D eigenvalue weighted by Crippen LogP contribution is 2.26. The summed E-state index contributed by atoms with van der Waals surface area (Å²) in [6.45, 7) is 10.3. The molecule has 6 aromatic rings. The lowest BCUT2D eigenvalue weighted by Crippen LogP contribution is -2.27. The first-order chi connectivity index (χ1) is 28.8. The number of carbonyl (C=O) groups excluding carboxylic acids is 2. The fourth-order valence-corrected chi connectivity index (χ4v) is 6.07. The number of pyridine rings is 2. The quantitative estimate of drug-likeness (QED) is 0.0467. The first kappa shape index (κ1) is 52.4. The maximum Gasteiger partial charge on any atom is 0.435 e. The number of nitrogen functional groups attached to an aromatic ring is 1. The lowest BCUT2D eigenvalue weighted by molar-refractivity contribution is -0.384. The number of hydrogen-bond donors (Lipinski definition) is 5. The van der Waals surface area contributed by atoms with E-state index < -0.39 is 28.6 Å². The van der Waals surface area contributed by atoms with Crippen molar-refractivity contribution in [3.05, 3.63) is 146 Å². The maximum atomic E-state index is 12.0. The molecule has 0 aliphatic carbocycles. The third-order valence-corrected chi connectivity index (χ3v) is 9.01. The number of halogens is 1. The second-order valence-electron chi connectivity index (χ2n) is 14.3. The first-order valence-corrected chi connectivity index (χ1v) is 18.7. The van der Waals surface area contributed by atoms with E-state index in [1.807, 2.05) is 58.9 Å². The van der Waals surface area contributed by atoms with E-state index in [0.29, 0.717) is 41.2 Å². The van der Waals surface area contributed by atoms with Gasteiger partial charge in [-0.25, -0.2) is 24.4 Å². The summed E-state index contributed by atoms with van der Waals surface area (Å²) in [5.74, 6) is -1.88. The number of nitro groups is 1. The average Bonchev–Trinajstić information content (AvgIpc) is 3.88. The maximum absolute atomic E-state index is 12.0. The molecular weight excluding hydrogens is 846 g/mol. The van der Waals surface area contributed by atoms with Gasteiger partial charge in [0.25, 0.3) is 11.6 Å². The van der Waals surface area contributed by atoms with Gasteiger partial charge in [0.1, 0.15) is 22.1 Å². The van der Waals surface area contributed by atoms with Crippen LogP contribution in [-0.4, -0.2) is 70.1 Å². The van der Waals surface area contributed by atoms with Crippen LogP contribution in [0.1, 0.15) is 103 Å². The SMILES string of the molecule is C.C.C.CC1=NCc2cc(Nc3ncccc3C(=O)O)ccc21.Cc1nn(C(=O)OC(C)(C)C)c2cc(N)ccc12.O=C(O)c1cccnc1Cl.O=C1NCc2cc([N+](=O)[O-])ccc21. The number of carboxylic acids is 2. The van der Waals surface area contributed by atoms with Crippen molar-refractivity contribution in [2.24, 2.45) is 4.99 Å². The number of rotatable bonds is 5. The van der Waals surface area contributed by atoms with E-state index in [9.17, 15) is 29.3 Å². The van der Waals surface area contributed by atoms with Crippen LogP contribution in [0.3, 0.4) is 0 Å². The summed E-state index contributed by atoms with van der Waals surface area (Å²) in [5, 5.41) is 38.7. The molecule has 18 nitrogen and oxygen atoms in total. The molecule has 19 heteroatoms. The lowest BCUT2D eigenvalue weighted by atomic mass is 10.1. The van der Waals surface area contributed by atoms with Crippen LogP contribution in [0, 0.1) is 17.0 Å². The number of nitro benzene ring substituents is 1. The zero-order chi connectivity index (χ0) is 44.6. The van der Waals surface area contributed by atoms with Crippen LogP contribution in [0.4, 0.5) is 27.7 Å². The number of nitrogens with two attached hydrogens (primary N) is 1. The van der Waals surface area contributed by atoms with E-state index in [2.05, 4.69) is 30.7 Å². The number of carbonyl (C=O) groups is 4. The molecule has 8 rings (SSSR count). The van der Waals surface area contributed by atoms with Gasteiger partial charge in [0.15, 0.2) is 0 Å².